The summed E-state index contributed by atoms with van der Waals surface area (Å²) in [4.78, 5) is 21.6. The zero-order valence-corrected chi connectivity index (χ0v) is 20.4. The lowest BCUT2D eigenvalue weighted by Gasteiger charge is -2.19. The maximum absolute atomic E-state index is 14.5. The molecule has 11 heteroatoms. The summed E-state index contributed by atoms with van der Waals surface area (Å²) in [6, 6.07) is 10.2. The zero-order chi connectivity index (χ0) is 28.7. The Labute approximate surface area is 222 Å². The molecule has 2 aliphatic rings. The molecular formula is C27H26FN7O3. The van der Waals surface area contributed by atoms with Gasteiger partial charge in [-0.05, 0) is 48.7 Å². The largest absolute Gasteiger partial charge is 0.494 e. The van der Waals surface area contributed by atoms with Gasteiger partial charge in [0.2, 0.25) is 0 Å². The molecule has 1 fully saturated rings. The predicted octanol–water partition coefficient (Wildman–Crippen LogP) is 4.70. The van der Waals surface area contributed by atoms with Gasteiger partial charge >= 0.3 is 0 Å². The molecule has 0 atom stereocenters. The quantitative estimate of drug-likeness (QED) is 0.356. The van der Waals surface area contributed by atoms with Gasteiger partial charge in [0.25, 0.3) is 5.91 Å². The van der Waals surface area contributed by atoms with Crippen LogP contribution in [-0.4, -0.2) is 39.7 Å². The highest BCUT2D eigenvalue weighted by Gasteiger charge is 2.26. The number of pyridine rings is 2. The van der Waals surface area contributed by atoms with E-state index in [4.69, 9.17) is 18.7 Å². The third kappa shape index (κ3) is 4.63. The van der Waals surface area contributed by atoms with E-state index in [1.54, 1.807) is 6.07 Å². The minimum absolute atomic E-state index is 0.0187. The molecule has 1 aliphatic heterocycles. The maximum atomic E-state index is 14.5. The molecule has 0 saturated heterocycles. The van der Waals surface area contributed by atoms with E-state index in [-0.39, 0.29) is 36.0 Å². The third-order valence-electron chi connectivity index (χ3n) is 6.37. The summed E-state index contributed by atoms with van der Waals surface area (Å²) in [6.45, 7) is -2.67. The second kappa shape index (κ2) is 9.75. The Morgan fingerprint density at radius 3 is 2.89 bits per heavy atom. The Hall–Kier alpha value is -4.51. The summed E-state index contributed by atoms with van der Waals surface area (Å²) < 4.78 is 50.6. The van der Waals surface area contributed by atoms with Crippen LogP contribution < -0.4 is 20.7 Å². The van der Waals surface area contributed by atoms with Crippen molar-refractivity contribution in [1.82, 2.24) is 25.1 Å². The van der Waals surface area contributed by atoms with Crippen molar-refractivity contribution < 1.29 is 22.8 Å². The highest BCUT2D eigenvalue weighted by Crippen LogP contribution is 2.41. The Bertz CT molecular complexity index is 1640. The average molecular weight is 519 g/mol. The second-order valence-electron chi connectivity index (χ2n) is 9.07. The molecule has 3 N–H and O–H groups in total. The van der Waals surface area contributed by atoms with E-state index in [0.29, 0.717) is 34.6 Å². The molecule has 0 radical (unpaired) electrons. The summed E-state index contributed by atoms with van der Waals surface area (Å²) >= 11 is 0. The maximum Gasteiger partial charge on any atom is 0.254 e. The number of fused-ring (bicyclic) bond motifs is 6. The van der Waals surface area contributed by atoms with E-state index < -0.39 is 18.7 Å². The van der Waals surface area contributed by atoms with Crippen molar-refractivity contribution >= 4 is 28.9 Å². The van der Waals surface area contributed by atoms with Gasteiger partial charge in [0.15, 0.2) is 5.75 Å². The minimum atomic E-state index is -2.71. The van der Waals surface area contributed by atoms with Gasteiger partial charge in [0.1, 0.15) is 23.1 Å². The van der Waals surface area contributed by atoms with Gasteiger partial charge in [0.05, 0.1) is 49.0 Å². The first-order valence-corrected chi connectivity index (χ1v) is 12.0. The van der Waals surface area contributed by atoms with Crippen LogP contribution >= 0.6 is 0 Å². The van der Waals surface area contributed by atoms with Crippen LogP contribution in [0.1, 0.15) is 44.6 Å². The van der Waals surface area contributed by atoms with Crippen molar-refractivity contribution in [3.05, 3.63) is 71.4 Å². The molecule has 1 aromatic carbocycles. The molecule has 10 nitrogen and oxygen atoms in total. The van der Waals surface area contributed by atoms with Crippen molar-refractivity contribution in [2.24, 2.45) is 0 Å². The molecule has 3 aromatic heterocycles. The van der Waals surface area contributed by atoms with Crippen LogP contribution in [0.25, 0.3) is 11.3 Å². The number of nitrogens with zero attached hydrogens (tertiary/aromatic N) is 4. The van der Waals surface area contributed by atoms with Crippen LogP contribution in [0, 0.1) is 5.82 Å². The van der Waals surface area contributed by atoms with Gasteiger partial charge in [-0.3, -0.25) is 9.48 Å². The first-order valence-electron chi connectivity index (χ1n) is 13.5. The monoisotopic (exact) mass is 518 g/mol. The highest BCUT2D eigenvalue weighted by atomic mass is 19.1. The van der Waals surface area contributed by atoms with Crippen LogP contribution in [0.15, 0.2) is 48.8 Å². The van der Waals surface area contributed by atoms with E-state index in [1.165, 1.54) is 31.5 Å². The first kappa shape index (κ1) is 20.5. The molecule has 1 aliphatic carbocycles. The summed E-state index contributed by atoms with van der Waals surface area (Å²) in [6.07, 6.45) is 5.32. The van der Waals surface area contributed by atoms with E-state index in [1.807, 2.05) is 28.3 Å². The van der Waals surface area contributed by atoms with Crippen LogP contribution in [-0.2, 0) is 18.0 Å². The molecule has 1 amide bonds. The molecule has 38 heavy (non-hydrogen) atoms. The smallest absolute Gasteiger partial charge is 0.254 e. The Kier molecular flexibility index (Phi) is 5.27. The van der Waals surface area contributed by atoms with Gasteiger partial charge in [-0.2, -0.15) is 5.10 Å². The standard InChI is InChI=1S/C27H26FN7O3/c1-29-27(36)18-12-30-25-11-21(18)31-22-10-15(13-38-14-23-19(28)5-6-24(32-23)33-25)9-17(26(22)37-2)20-7-8-35(34-20)16-3-4-16/h5-12,16,31H,3-4,13-14H2,1-2H3,(H,29,36)(H,30,32,33)/i1D3. The van der Waals surface area contributed by atoms with Gasteiger partial charge in [-0.15, -0.1) is 0 Å². The zero-order valence-electron chi connectivity index (χ0n) is 23.4. The van der Waals surface area contributed by atoms with Gasteiger partial charge in [-0.1, -0.05) is 0 Å². The number of nitrogens with one attached hydrogen (secondary N) is 3. The molecular weight excluding hydrogens is 489 g/mol. The predicted molar refractivity (Wildman–Crippen MR) is 139 cm³/mol. The Morgan fingerprint density at radius 1 is 1.18 bits per heavy atom. The topological polar surface area (TPSA) is 115 Å². The Balaban J connectivity index is 1.49. The number of benzene rings is 1. The Morgan fingerprint density at radius 2 is 2.08 bits per heavy atom. The van der Waals surface area contributed by atoms with Crippen molar-refractivity contribution in [3.8, 4) is 17.0 Å². The van der Waals surface area contributed by atoms with Crippen molar-refractivity contribution in [2.75, 3.05) is 24.7 Å². The fraction of sp³-hybridized carbons (Fsp3) is 0.259. The number of carbonyl (C=O) groups excluding carboxylic acids is 1. The highest BCUT2D eigenvalue weighted by molar-refractivity contribution is 6.00. The van der Waals surface area contributed by atoms with Gasteiger partial charge < -0.3 is 25.4 Å². The molecule has 4 aromatic rings. The molecule has 0 spiro atoms. The lowest BCUT2D eigenvalue weighted by atomic mass is 10.0. The second-order valence-corrected chi connectivity index (χ2v) is 9.07. The van der Waals surface area contributed by atoms with Gasteiger partial charge in [-0.25, -0.2) is 14.4 Å². The molecule has 0 unspecified atom stereocenters. The number of carbonyl (C=O) groups is 1. The SMILES string of the molecule is [2H]C([2H])([2H])NC(=O)c1cnc2cc1Nc1cc(cc(-c3ccn(C4CC4)n3)c1OC)COCc1nc(ccc1F)N2. The molecule has 6 rings (SSSR count). The number of amides is 1. The fourth-order valence-electron chi connectivity index (χ4n) is 4.37. The van der Waals surface area contributed by atoms with Crippen LogP contribution in [0.3, 0.4) is 0 Å². The number of anilines is 4. The number of halogens is 1. The third-order valence-corrected chi connectivity index (χ3v) is 6.37. The summed E-state index contributed by atoms with van der Waals surface area (Å²) in [5.41, 5.74) is 2.89. The van der Waals surface area contributed by atoms with Gasteiger partial charge in [0, 0.05) is 35.1 Å². The van der Waals surface area contributed by atoms with Crippen LogP contribution in [0.4, 0.5) is 27.4 Å². The lowest BCUT2D eigenvalue weighted by Crippen LogP contribution is -2.20. The normalized spacial score (nSPS) is 16.1. The van der Waals surface area contributed by atoms with Crippen molar-refractivity contribution in [1.29, 1.82) is 0 Å². The number of methoxy groups -OCH3 is 1. The fourth-order valence-corrected chi connectivity index (χ4v) is 4.37. The van der Waals surface area contributed by atoms with E-state index in [0.717, 1.165) is 18.4 Å². The minimum Gasteiger partial charge on any atom is -0.494 e. The number of hydrogen-bond donors (Lipinski definition) is 3. The lowest BCUT2D eigenvalue weighted by molar-refractivity contribution is 0.0963. The summed E-state index contributed by atoms with van der Waals surface area (Å²) in [5.74, 6) is -0.328. The van der Waals surface area contributed by atoms with Crippen LogP contribution in [0.2, 0.25) is 0 Å². The van der Waals surface area contributed by atoms with E-state index in [2.05, 4.69) is 20.6 Å². The van der Waals surface area contributed by atoms with Crippen LogP contribution in [0.5, 0.6) is 5.75 Å². The first-order chi connectivity index (χ1) is 19.7. The summed E-state index contributed by atoms with van der Waals surface area (Å²) in [5, 5.41) is 13.0. The van der Waals surface area contributed by atoms with Crippen molar-refractivity contribution in [3.63, 3.8) is 0 Å². The van der Waals surface area contributed by atoms with E-state index in [9.17, 15) is 9.18 Å². The van der Waals surface area contributed by atoms with E-state index >= 15 is 0 Å². The number of rotatable bonds is 4. The molecule has 1 saturated carbocycles. The number of hydrogen-bond acceptors (Lipinski definition) is 8. The number of aromatic nitrogens is 4. The number of ether oxygens (including phenoxy) is 2. The van der Waals surface area contributed by atoms with Crippen molar-refractivity contribution in [2.45, 2.75) is 32.1 Å². The average Bonchev–Trinajstić information content (AvgIpc) is 3.65. The molecule has 4 heterocycles. The summed E-state index contributed by atoms with van der Waals surface area (Å²) in [7, 11) is 1.53. The molecule has 194 valence electrons. The molecule has 6 bridgehead atoms.